The van der Waals surface area contributed by atoms with Crippen molar-refractivity contribution in [3.05, 3.63) is 102 Å². The van der Waals surface area contributed by atoms with Crippen molar-refractivity contribution in [2.24, 2.45) is 0 Å². The quantitative estimate of drug-likeness (QED) is 0.288. The lowest BCUT2D eigenvalue weighted by Crippen LogP contribution is -2.27. The van der Waals surface area contributed by atoms with E-state index in [1.165, 1.54) is 0 Å². The van der Waals surface area contributed by atoms with Crippen LogP contribution in [0.3, 0.4) is 0 Å². The number of hydrogen-bond donors (Lipinski definition) is 0. The number of carbonyl (C=O) groups is 2. The molecule has 4 rings (SSSR count). The fourth-order valence-corrected chi connectivity index (χ4v) is 5.14. The second kappa shape index (κ2) is 10.6. The summed E-state index contributed by atoms with van der Waals surface area (Å²) in [5.74, 6) is -0.0530. The molecule has 1 saturated heterocycles. The molecule has 4 nitrogen and oxygen atoms in total. The second-order valence-corrected chi connectivity index (χ2v) is 10.2. The summed E-state index contributed by atoms with van der Waals surface area (Å²) in [5, 5.41) is 0.996. The Kier molecular flexibility index (Phi) is 7.80. The van der Waals surface area contributed by atoms with E-state index in [1.807, 2.05) is 31.2 Å². The number of imide groups is 1. The topological polar surface area (TPSA) is 46.6 Å². The molecule has 0 unspecified atom stereocenters. The van der Waals surface area contributed by atoms with Crippen molar-refractivity contribution in [2.45, 2.75) is 20.1 Å². The minimum Gasteiger partial charge on any atom is -0.486 e. The first-order chi connectivity index (χ1) is 16.2. The Hall–Kier alpha value is -2.15. The molecule has 1 aliphatic rings. The highest BCUT2D eigenvalue weighted by Crippen LogP contribution is 2.38. The van der Waals surface area contributed by atoms with Crippen LogP contribution in [-0.4, -0.2) is 16.0 Å². The van der Waals surface area contributed by atoms with E-state index in [2.05, 4.69) is 0 Å². The van der Waals surface area contributed by atoms with Gasteiger partial charge in [0, 0.05) is 0 Å². The molecule has 174 valence electrons. The van der Waals surface area contributed by atoms with Gasteiger partial charge >= 0.3 is 0 Å². The Labute approximate surface area is 221 Å². The molecule has 3 aromatic carbocycles. The van der Waals surface area contributed by atoms with Crippen LogP contribution in [0.1, 0.15) is 22.3 Å². The van der Waals surface area contributed by atoms with E-state index in [0.717, 1.165) is 27.8 Å². The van der Waals surface area contributed by atoms with Crippen LogP contribution in [0.25, 0.3) is 6.08 Å². The lowest BCUT2D eigenvalue weighted by Gasteiger charge is -2.13. The number of amides is 2. The highest BCUT2D eigenvalue weighted by molar-refractivity contribution is 8.18. The molecule has 0 saturated carbocycles. The Bertz CT molecular complexity index is 1300. The molecule has 0 aromatic heterocycles. The maximum atomic E-state index is 12.9. The molecular weight excluding hydrogens is 536 g/mol. The van der Waals surface area contributed by atoms with E-state index in [0.29, 0.717) is 43.6 Å². The number of aryl methyl sites for hydroxylation is 1. The van der Waals surface area contributed by atoms with E-state index < -0.39 is 5.91 Å². The van der Waals surface area contributed by atoms with Gasteiger partial charge < -0.3 is 4.74 Å². The molecular formula is C25H17Cl4NO3S. The van der Waals surface area contributed by atoms with Crippen LogP contribution < -0.4 is 4.74 Å². The third-order valence-corrected chi connectivity index (χ3v) is 7.19. The fraction of sp³-hybridized carbons (Fsp3) is 0.120. The molecule has 0 N–H and O–H groups in total. The van der Waals surface area contributed by atoms with Gasteiger partial charge in [0.05, 0.1) is 31.5 Å². The number of hydrogen-bond acceptors (Lipinski definition) is 4. The lowest BCUT2D eigenvalue weighted by atomic mass is 10.1. The molecule has 34 heavy (non-hydrogen) atoms. The Morgan fingerprint density at radius 3 is 2.29 bits per heavy atom. The number of carbonyl (C=O) groups excluding carboxylic acids is 2. The van der Waals surface area contributed by atoms with Gasteiger partial charge in [-0.2, -0.15) is 0 Å². The summed E-state index contributed by atoms with van der Waals surface area (Å²) in [4.78, 5) is 26.8. The predicted molar refractivity (Wildman–Crippen MR) is 140 cm³/mol. The molecule has 0 bridgehead atoms. The first-order valence-corrected chi connectivity index (χ1v) is 12.4. The summed E-state index contributed by atoms with van der Waals surface area (Å²) < 4.78 is 5.83. The lowest BCUT2D eigenvalue weighted by molar-refractivity contribution is -0.123. The smallest absolute Gasteiger partial charge is 0.293 e. The monoisotopic (exact) mass is 551 g/mol. The van der Waals surface area contributed by atoms with Gasteiger partial charge in [0.2, 0.25) is 0 Å². The van der Waals surface area contributed by atoms with E-state index in [-0.39, 0.29) is 16.7 Å². The summed E-state index contributed by atoms with van der Waals surface area (Å²) in [6.07, 6.45) is 1.59. The summed E-state index contributed by atoms with van der Waals surface area (Å²) in [6.45, 7) is 2.41. The van der Waals surface area contributed by atoms with Gasteiger partial charge in [0.25, 0.3) is 11.1 Å². The molecule has 0 atom stereocenters. The van der Waals surface area contributed by atoms with Crippen LogP contribution in [0.5, 0.6) is 5.75 Å². The zero-order chi connectivity index (χ0) is 24.4. The Morgan fingerprint density at radius 1 is 0.882 bits per heavy atom. The van der Waals surface area contributed by atoms with Crippen LogP contribution in [0.2, 0.25) is 20.1 Å². The normalized spacial score (nSPS) is 14.9. The summed E-state index contributed by atoms with van der Waals surface area (Å²) >= 11 is 25.7. The molecule has 1 heterocycles. The van der Waals surface area contributed by atoms with Gasteiger partial charge in [-0.25, -0.2) is 0 Å². The molecule has 0 spiro atoms. The van der Waals surface area contributed by atoms with Gasteiger partial charge in [-0.3, -0.25) is 14.5 Å². The van der Waals surface area contributed by atoms with Gasteiger partial charge in [-0.05, 0) is 65.7 Å². The first kappa shape index (κ1) is 25.0. The molecule has 1 aliphatic heterocycles. The van der Waals surface area contributed by atoms with Crippen LogP contribution >= 0.6 is 58.2 Å². The van der Waals surface area contributed by atoms with E-state index in [1.54, 1.807) is 36.4 Å². The van der Waals surface area contributed by atoms with Gasteiger partial charge in [0.15, 0.2) is 5.75 Å². The zero-order valence-electron chi connectivity index (χ0n) is 17.8. The molecule has 0 radical (unpaired) electrons. The molecule has 3 aromatic rings. The van der Waals surface area contributed by atoms with E-state index >= 15 is 0 Å². The number of nitrogens with zero attached hydrogens (tertiary/aromatic N) is 1. The zero-order valence-corrected chi connectivity index (χ0v) is 21.6. The molecule has 2 amide bonds. The Morgan fingerprint density at radius 2 is 1.62 bits per heavy atom. The second-order valence-electron chi connectivity index (χ2n) is 7.61. The van der Waals surface area contributed by atoms with Crippen LogP contribution in [0.4, 0.5) is 4.79 Å². The van der Waals surface area contributed by atoms with Crippen molar-refractivity contribution in [3.63, 3.8) is 0 Å². The van der Waals surface area contributed by atoms with Crippen molar-refractivity contribution in [1.29, 1.82) is 0 Å². The fourth-order valence-electron chi connectivity index (χ4n) is 3.37. The molecule has 1 fully saturated rings. The first-order valence-electron chi connectivity index (χ1n) is 10.1. The van der Waals surface area contributed by atoms with Gasteiger partial charge in [-0.15, -0.1) is 0 Å². The minimum atomic E-state index is -0.409. The third kappa shape index (κ3) is 5.73. The van der Waals surface area contributed by atoms with E-state index in [4.69, 9.17) is 51.1 Å². The predicted octanol–water partition coefficient (Wildman–Crippen LogP) is 8.42. The number of benzene rings is 3. The maximum absolute atomic E-state index is 12.9. The summed E-state index contributed by atoms with van der Waals surface area (Å²) in [6, 6.07) is 16.2. The third-order valence-electron chi connectivity index (χ3n) is 4.98. The van der Waals surface area contributed by atoms with Crippen molar-refractivity contribution < 1.29 is 14.3 Å². The average molecular weight is 553 g/mol. The van der Waals surface area contributed by atoms with Crippen molar-refractivity contribution in [3.8, 4) is 5.75 Å². The number of ether oxygens (including phenoxy) is 1. The number of rotatable bonds is 6. The molecule has 0 aliphatic carbocycles. The maximum Gasteiger partial charge on any atom is 0.293 e. The average Bonchev–Trinajstić information content (AvgIpc) is 3.03. The minimum absolute atomic E-state index is 0.0894. The van der Waals surface area contributed by atoms with Crippen molar-refractivity contribution >= 4 is 75.4 Å². The number of thioether (sulfide) groups is 1. The SMILES string of the molecule is Cc1cccc(COc2c(Cl)cc(/C=C3\SC(=O)N(Cc4ccc(Cl)c(Cl)c4)C3=O)cc2Cl)c1. The van der Waals surface area contributed by atoms with Crippen molar-refractivity contribution in [2.75, 3.05) is 0 Å². The number of halogens is 4. The standard InChI is InChI=1S/C25H17Cl4NO3S/c1-14-3-2-4-16(7-14)13-33-23-20(28)9-17(10-21(23)29)11-22-24(31)30(25(32)34-22)12-15-5-6-18(26)19(27)8-15/h2-11H,12-13H2,1H3/b22-11-. The summed E-state index contributed by atoms with van der Waals surface area (Å²) in [5.41, 5.74) is 3.39. The highest BCUT2D eigenvalue weighted by Gasteiger charge is 2.35. The molecule has 9 heteroatoms. The van der Waals surface area contributed by atoms with Gasteiger partial charge in [0.1, 0.15) is 6.61 Å². The van der Waals surface area contributed by atoms with Crippen LogP contribution in [0.15, 0.2) is 59.5 Å². The highest BCUT2D eigenvalue weighted by atomic mass is 35.5. The van der Waals surface area contributed by atoms with E-state index in [9.17, 15) is 9.59 Å². The van der Waals surface area contributed by atoms with Crippen LogP contribution in [-0.2, 0) is 17.9 Å². The van der Waals surface area contributed by atoms with Crippen LogP contribution in [0, 0.1) is 6.92 Å². The summed E-state index contributed by atoms with van der Waals surface area (Å²) in [7, 11) is 0. The largest absolute Gasteiger partial charge is 0.486 e. The van der Waals surface area contributed by atoms with Gasteiger partial charge in [-0.1, -0.05) is 82.3 Å². The Balaban J connectivity index is 1.50. The van der Waals surface area contributed by atoms with Crippen molar-refractivity contribution in [1.82, 2.24) is 4.90 Å².